The lowest BCUT2D eigenvalue weighted by Gasteiger charge is -2.26. The molecule has 2 heterocycles. The summed E-state index contributed by atoms with van der Waals surface area (Å²) in [6, 6.07) is 11.9. The van der Waals surface area contributed by atoms with Crippen LogP contribution in [-0.2, 0) is 30.7 Å². The molecule has 0 unspecified atom stereocenters. The van der Waals surface area contributed by atoms with Crippen molar-refractivity contribution in [3.63, 3.8) is 0 Å². The zero-order chi connectivity index (χ0) is 20.5. The van der Waals surface area contributed by atoms with E-state index >= 15 is 0 Å². The number of aryl methyl sites for hydroxylation is 1. The molecule has 1 saturated heterocycles. The van der Waals surface area contributed by atoms with E-state index in [0.717, 1.165) is 74.3 Å². The van der Waals surface area contributed by atoms with Gasteiger partial charge in [0.2, 0.25) is 0 Å². The van der Waals surface area contributed by atoms with Gasteiger partial charge in [0.05, 0.1) is 18.8 Å². The van der Waals surface area contributed by atoms with Gasteiger partial charge in [0, 0.05) is 42.8 Å². The molecule has 30 heavy (non-hydrogen) atoms. The second-order valence-corrected chi connectivity index (χ2v) is 8.08. The minimum Gasteiger partial charge on any atom is -0.507 e. The van der Waals surface area contributed by atoms with E-state index < -0.39 is 0 Å². The third-order valence-electron chi connectivity index (χ3n) is 6.15. The van der Waals surface area contributed by atoms with Gasteiger partial charge in [0.1, 0.15) is 11.3 Å². The molecule has 5 rings (SSSR count). The minimum absolute atomic E-state index is 0.139. The maximum Gasteiger partial charge on any atom is 0.339 e. The Labute approximate surface area is 175 Å². The molecule has 1 aliphatic heterocycles. The van der Waals surface area contributed by atoms with Gasteiger partial charge < -0.3 is 19.6 Å². The Balaban J connectivity index is 1.34. The highest BCUT2D eigenvalue weighted by Gasteiger charge is 2.22. The van der Waals surface area contributed by atoms with Gasteiger partial charge in [-0.15, -0.1) is 0 Å². The minimum atomic E-state index is -0.269. The van der Waals surface area contributed by atoms with Crippen LogP contribution in [0.3, 0.4) is 0 Å². The number of ether oxygens (including phenoxy) is 1. The number of aromatic hydroxyl groups is 1. The Bertz CT molecular complexity index is 1110. The number of hydrogen-bond acceptors (Lipinski definition) is 6. The van der Waals surface area contributed by atoms with E-state index in [1.54, 1.807) is 6.07 Å². The Morgan fingerprint density at radius 1 is 1.00 bits per heavy atom. The molecule has 2 aromatic carbocycles. The summed E-state index contributed by atoms with van der Waals surface area (Å²) in [5.41, 5.74) is 4.94. The molecule has 156 valence electrons. The van der Waals surface area contributed by atoms with E-state index in [0.29, 0.717) is 17.7 Å². The first-order valence-corrected chi connectivity index (χ1v) is 10.6. The number of phenols is 1. The average Bonchev–Trinajstić information content (AvgIpc) is 3.26. The molecule has 1 aromatic heterocycles. The predicted molar refractivity (Wildman–Crippen MR) is 116 cm³/mol. The molecule has 0 bridgehead atoms. The van der Waals surface area contributed by atoms with E-state index in [4.69, 9.17) is 9.15 Å². The largest absolute Gasteiger partial charge is 0.507 e. The molecule has 6 heteroatoms. The van der Waals surface area contributed by atoms with Crippen LogP contribution >= 0.6 is 0 Å². The standard InChI is InChI=1S/C24H26N2O4/c27-22-9-8-19-18-2-1-3-20(18)24(28)30-23(19)21(22)14-25-17-6-4-16(5-7-17)15-26-10-12-29-13-11-26/h4-9,25,27H,1-3,10-15H2. The van der Waals surface area contributed by atoms with Gasteiger partial charge >= 0.3 is 5.63 Å². The fourth-order valence-electron chi connectivity index (χ4n) is 4.50. The van der Waals surface area contributed by atoms with Gasteiger partial charge in [-0.25, -0.2) is 4.79 Å². The van der Waals surface area contributed by atoms with Crippen molar-refractivity contribution in [2.45, 2.75) is 32.4 Å². The van der Waals surface area contributed by atoms with Crippen LogP contribution < -0.4 is 10.9 Å². The van der Waals surface area contributed by atoms with Gasteiger partial charge in [-0.2, -0.15) is 0 Å². The molecule has 6 nitrogen and oxygen atoms in total. The monoisotopic (exact) mass is 406 g/mol. The van der Waals surface area contributed by atoms with Crippen molar-refractivity contribution < 1.29 is 14.3 Å². The first-order valence-electron chi connectivity index (χ1n) is 10.6. The van der Waals surface area contributed by atoms with Crippen molar-refractivity contribution in [2.75, 3.05) is 31.6 Å². The van der Waals surface area contributed by atoms with Crippen LogP contribution in [0.5, 0.6) is 5.75 Å². The van der Waals surface area contributed by atoms with Crippen molar-refractivity contribution in [1.29, 1.82) is 0 Å². The molecule has 0 radical (unpaired) electrons. The van der Waals surface area contributed by atoms with E-state index in [-0.39, 0.29) is 11.4 Å². The van der Waals surface area contributed by atoms with Crippen LogP contribution in [0, 0.1) is 0 Å². The highest BCUT2D eigenvalue weighted by molar-refractivity contribution is 5.86. The number of rotatable bonds is 5. The molecule has 2 aliphatic rings. The molecule has 1 fully saturated rings. The van der Waals surface area contributed by atoms with E-state index in [1.165, 1.54) is 5.56 Å². The van der Waals surface area contributed by atoms with Gasteiger partial charge in [-0.3, -0.25) is 4.90 Å². The van der Waals surface area contributed by atoms with Crippen LogP contribution in [0.4, 0.5) is 5.69 Å². The smallest absolute Gasteiger partial charge is 0.339 e. The molecule has 3 aromatic rings. The number of nitrogens with zero attached hydrogens (tertiary/aromatic N) is 1. The fourth-order valence-corrected chi connectivity index (χ4v) is 4.50. The van der Waals surface area contributed by atoms with Gasteiger partial charge in [-0.05, 0) is 54.7 Å². The molecule has 1 aliphatic carbocycles. The second kappa shape index (κ2) is 8.13. The molecule has 0 atom stereocenters. The summed E-state index contributed by atoms with van der Waals surface area (Å²) in [5, 5.41) is 14.7. The zero-order valence-corrected chi connectivity index (χ0v) is 16.9. The summed E-state index contributed by atoms with van der Waals surface area (Å²) < 4.78 is 11.0. The normalized spacial score (nSPS) is 16.7. The Morgan fingerprint density at radius 2 is 1.77 bits per heavy atom. The summed E-state index contributed by atoms with van der Waals surface area (Å²) >= 11 is 0. The van der Waals surface area contributed by atoms with Crippen molar-refractivity contribution in [1.82, 2.24) is 4.90 Å². The lowest BCUT2D eigenvalue weighted by molar-refractivity contribution is 0.0342. The van der Waals surface area contributed by atoms with Crippen LogP contribution in [0.2, 0.25) is 0 Å². The third kappa shape index (κ3) is 3.68. The van der Waals surface area contributed by atoms with Crippen LogP contribution in [-0.4, -0.2) is 36.3 Å². The number of anilines is 1. The lowest BCUT2D eigenvalue weighted by atomic mass is 10.0. The Kier molecular flexibility index (Phi) is 5.19. The van der Waals surface area contributed by atoms with E-state index in [1.807, 2.05) is 18.2 Å². The van der Waals surface area contributed by atoms with Gasteiger partial charge in [0.15, 0.2) is 0 Å². The van der Waals surface area contributed by atoms with Gasteiger partial charge in [0.25, 0.3) is 0 Å². The number of morpholine rings is 1. The van der Waals surface area contributed by atoms with Crippen molar-refractivity contribution in [2.24, 2.45) is 0 Å². The topological polar surface area (TPSA) is 74.9 Å². The number of nitrogens with one attached hydrogen (secondary N) is 1. The van der Waals surface area contributed by atoms with Crippen molar-refractivity contribution in [3.8, 4) is 5.75 Å². The molecular formula is C24H26N2O4. The number of phenolic OH excluding ortho intramolecular Hbond substituents is 1. The van der Waals surface area contributed by atoms with Crippen molar-refractivity contribution in [3.05, 3.63) is 69.1 Å². The first-order chi connectivity index (χ1) is 14.7. The molecule has 0 amide bonds. The number of hydrogen-bond donors (Lipinski definition) is 2. The van der Waals surface area contributed by atoms with Crippen molar-refractivity contribution >= 4 is 16.7 Å². The highest BCUT2D eigenvalue weighted by atomic mass is 16.5. The third-order valence-corrected chi connectivity index (χ3v) is 6.15. The van der Waals surface area contributed by atoms with E-state index in [9.17, 15) is 9.90 Å². The summed E-state index contributed by atoms with van der Waals surface area (Å²) in [6.07, 6.45) is 2.64. The predicted octanol–water partition coefficient (Wildman–Crippen LogP) is 3.43. The Hall–Kier alpha value is -2.83. The number of fused-ring (bicyclic) bond motifs is 3. The van der Waals surface area contributed by atoms with Crippen LogP contribution in [0.25, 0.3) is 11.0 Å². The summed E-state index contributed by atoms with van der Waals surface area (Å²) in [5.74, 6) is 0.139. The highest BCUT2D eigenvalue weighted by Crippen LogP contribution is 2.33. The zero-order valence-electron chi connectivity index (χ0n) is 16.9. The average molecular weight is 406 g/mol. The van der Waals surface area contributed by atoms with Crippen LogP contribution in [0.1, 0.15) is 28.7 Å². The van der Waals surface area contributed by atoms with Crippen LogP contribution in [0.15, 0.2) is 45.6 Å². The quantitative estimate of drug-likeness (QED) is 0.633. The summed E-state index contributed by atoms with van der Waals surface area (Å²) in [6.45, 7) is 4.84. The summed E-state index contributed by atoms with van der Waals surface area (Å²) in [4.78, 5) is 14.8. The maximum atomic E-state index is 12.4. The molecule has 0 spiro atoms. The fraction of sp³-hybridized carbons (Fsp3) is 0.375. The second-order valence-electron chi connectivity index (χ2n) is 8.08. The molecule has 2 N–H and O–H groups in total. The lowest BCUT2D eigenvalue weighted by Crippen LogP contribution is -2.35. The van der Waals surface area contributed by atoms with Gasteiger partial charge in [-0.1, -0.05) is 12.1 Å². The number of benzene rings is 2. The SMILES string of the molecule is O=c1oc2c(CNc3ccc(CN4CCOCC4)cc3)c(O)ccc2c2c1CCC2. The van der Waals surface area contributed by atoms with E-state index in [2.05, 4.69) is 22.3 Å². The Morgan fingerprint density at radius 3 is 2.57 bits per heavy atom. The maximum absolute atomic E-state index is 12.4. The first kappa shape index (κ1) is 19.2. The molecule has 0 saturated carbocycles. The summed E-state index contributed by atoms with van der Waals surface area (Å²) in [7, 11) is 0. The molecular weight excluding hydrogens is 380 g/mol.